The molecule has 140 valence electrons. The zero-order chi connectivity index (χ0) is 18.9. The molecule has 0 saturated heterocycles. The molecule has 3 rings (SSSR count). The number of rotatable bonds is 6. The molecule has 1 atom stereocenters. The van der Waals surface area contributed by atoms with Crippen molar-refractivity contribution in [2.75, 3.05) is 27.2 Å². The van der Waals surface area contributed by atoms with Crippen molar-refractivity contribution in [2.24, 2.45) is 0 Å². The second-order valence-electron chi connectivity index (χ2n) is 6.37. The number of likely N-dealkylation sites (N-methyl/N-ethyl adjacent to an activating group) is 1. The second-order valence-corrected chi connectivity index (χ2v) is 8.11. The normalized spacial score (nSPS) is 15.0. The smallest absolute Gasteiger partial charge is 0.243 e. The fraction of sp³-hybridized carbons (Fsp3) is 0.333. The van der Waals surface area contributed by atoms with Crippen LogP contribution in [0.3, 0.4) is 0 Å². The van der Waals surface area contributed by atoms with Crippen molar-refractivity contribution in [3.05, 3.63) is 59.2 Å². The van der Waals surface area contributed by atoms with Gasteiger partial charge in [-0.25, -0.2) is 21.9 Å². The quantitative estimate of drug-likeness (QED) is 0.834. The van der Waals surface area contributed by atoms with Crippen LogP contribution in [0.2, 0.25) is 0 Å². The summed E-state index contributed by atoms with van der Waals surface area (Å²) in [5.74, 6) is -1.10. The highest BCUT2D eigenvalue weighted by Crippen LogP contribution is 2.29. The van der Waals surface area contributed by atoms with Crippen LogP contribution in [0, 0.1) is 11.6 Å². The number of nitrogens with one attached hydrogen (secondary N) is 1. The average Bonchev–Trinajstić information content (AvgIpc) is 3.02. The monoisotopic (exact) mass is 382 g/mol. The fourth-order valence-electron chi connectivity index (χ4n) is 2.97. The molecule has 1 N–H and O–H groups in total. The fourth-order valence-corrected chi connectivity index (χ4v) is 4.07. The summed E-state index contributed by atoms with van der Waals surface area (Å²) in [6.45, 7) is 0.688. The zero-order valence-electron chi connectivity index (χ0n) is 14.5. The molecule has 0 spiro atoms. The summed E-state index contributed by atoms with van der Waals surface area (Å²) in [6, 6.07) is 7.91. The standard InChI is InChI=1S/C18H20F2N2O3S/c1-22(2)16(12-3-5-17-13(9-12)7-8-25-17)11-21-26(23,24)18-6-4-14(19)10-15(18)20/h3-6,9-10,16,21H,7-8,11H2,1-2H3. The van der Waals surface area contributed by atoms with Gasteiger partial charge in [0.25, 0.3) is 0 Å². The summed E-state index contributed by atoms with van der Waals surface area (Å²) in [7, 11) is -0.430. The summed E-state index contributed by atoms with van der Waals surface area (Å²) in [5.41, 5.74) is 2.02. The third kappa shape index (κ3) is 3.87. The van der Waals surface area contributed by atoms with Gasteiger partial charge in [0.2, 0.25) is 10.0 Å². The van der Waals surface area contributed by atoms with Gasteiger partial charge >= 0.3 is 0 Å². The van der Waals surface area contributed by atoms with Crippen LogP contribution < -0.4 is 9.46 Å². The number of ether oxygens (including phenoxy) is 1. The van der Waals surface area contributed by atoms with Crippen molar-refractivity contribution < 1.29 is 21.9 Å². The first-order valence-corrected chi connectivity index (χ1v) is 9.63. The lowest BCUT2D eigenvalue weighted by atomic mass is 10.0. The van der Waals surface area contributed by atoms with E-state index in [1.807, 2.05) is 37.2 Å². The number of hydrogen-bond donors (Lipinski definition) is 1. The third-order valence-electron chi connectivity index (χ3n) is 4.37. The molecule has 0 aromatic heterocycles. The van der Waals surface area contributed by atoms with Crippen molar-refractivity contribution in [2.45, 2.75) is 17.4 Å². The third-order valence-corrected chi connectivity index (χ3v) is 5.83. The van der Waals surface area contributed by atoms with Crippen molar-refractivity contribution in [3.63, 3.8) is 0 Å². The molecular weight excluding hydrogens is 362 g/mol. The average molecular weight is 382 g/mol. The van der Waals surface area contributed by atoms with Crippen LogP contribution >= 0.6 is 0 Å². The summed E-state index contributed by atoms with van der Waals surface area (Å²) in [4.78, 5) is 1.31. The van der Waals surface area contributed by atoms with Gasteiger partial charge in [-0.15, -0.1) is 0 Å². The molecule has 1 unspecified atom stereocenters. The van der Waals surface area contributed by atoms with Crippen LogP contribution in [-0.2, 0) is 16.4 Å². The molecule has 1 aliphatic heterocycles. The van der Waals surface area contributed by atoms with Gasteiger partial charge in [0.1, 0.15) is 22.3 Å². The molecule has 0 bridgehead atoms. The molecule has 8 heteroatoms. The molecule has 2 aromatic rings. The minimum absolute atomic E-state index is 0.0474. The molecule has 0 amide bonds. The highest BCUT2D eigenvalue weighted by molar-refractivity contribution is 7.89. The predicted octanol–water partition coefficient (Wildman–Crippen LogP) is 2.48. The molecule has 0 aliphatic carbocycles. The first-order valence-electron chi connectivity index (χ1n) is 8.15. The van der Waals surface area contributed by atoms with Crippen molar-refractivity contribution in [3.8, 4) is 5.75 Å². The van der Waals surface area contributed by atoms with Crippen molar-refractivity contribution >= 4 is 10.0 Å². The van der Waals surface area contributed by atoms with Crippen LogP contribution in [0.5, 0.6) is 5.75 Å². The number of fused-ring (bicyclic) bond motifs is 1. The van der Waals surface area contributed by atoms with Crippen LogP contribution in [-0.4, -0.2) is 40.6 Å². The maximum Gasteiger partial charge on any atom is 0.243 e. The van der Waals surface area contributed by atoms with Gasteiger partial charge in [-0.05, 0) is 43.4 Å². The van der Waals surface area contributed by atoms with Crippen LogP contribution in [0.15, 0.2) is 41.3 Å². The van der Waals surface area contributed by atoms with E-state index in [0.29, 0.717) is 12.7 Å². The molecule has 1 heterocycles. The van der Waals surface area contributed by atoms with Crippen LogP contribution in [0.4, 0.5) is 8.78 Å². The van der Waals surface area contributed by atoms with Gasteiger partial charge < -0.3 is 9.64 Å². The lowest BCUT2D eigenvalue weighted by Crippen LogP contribution is -2.35. The largest absolute Gasteiger partial charge is 0.493 e. The van der Waals surface area contributed by atoms with E-state index in [1.54, 1.807) is 0 Å². The zero-order valence-corrected chi connectivity index (χ0v) is 15.3. The van der Waals surface area contributed by atoms with Gasteiger partial charge in [-0.2, -0.15) is 0 Å². The highest BCUT2D eigenvalue weighted by atomic mass is 32.2. The Hall–Kier alpha value is -2.03. The summed E-state index contributed by atoms with van der Waals surface area (Å²) < 4.78 is 59.5. The van der Waals surface area contributed by atoms with Gasteiger partial charge in [0, 0.05) is 25.1 Å². The van der Waals surface area contributed by atoms with Gasteiger partial charge in [-0.1, -0.05) is 12.1 Å². The Morgan fingerprint density at radius 3 is 2.65 bits per heavy atom. The van der Waals surface area contributed by atoms with Crippen molar-refractivity contribution in [1.29, 1.82) is 0 Å². The Balaban J connectivity index is 1.80. The van der Waals surface area contributed by atoms with E-state index in [-0.39, 0.29) is 12.6 Å². The first-order chi connectivity index (χ1) is 12.3. The molecule has 1 aliphatic rings. The molecule has 2 aromatic carbocycles. The van der Waals surface area contributed by atoms with Gasteiger partial charge in [-0.3, -0.25) is 0 Å². The van der Waals surface area contributed by atoms with Gasteiger partial charge in [0.15, 0.2) is 0 Å². The van der Waals surface area contributed by atoms with E-state index in [0.717, 1.165) is 35.4 Å². The number of benzene rings is 2. The molecule has 0 fully saturated rings. The SMILES string of the molecule is CN(C)C(CNS(=O)(=O)c1ccc(F)cc1F)c1ccc2c(c1)CCO2. The molecule has 0 radical (unpaired) electrons. The summed E-state index contributed by atoms with van der Waals surface area (Å²) >= 11 is 0. The van der Waals surface area contributed by atoms with E-state index < -0.39 is 26.6 Å². The maximum atomic E-state index is 13.8. The van der Waals surface area contributed by atoms with E-state index >= 15 is 0 Å². The lowest BCUT2D eigenvalue weighted by Gasteiger charge is -2.25. The molecule has 26 heavy (non-hydrogen) atoms. The highest BCUT2D eigenvalue weighted by Gasteiger charge is 2.24. The Morgan fingerprint density at radius 1 is 1.19 bits per heavy atom. The van der Waals surface area contributed by atoms with E-state index in [2.05, 4.69) is 4.72 Å². The molecule has 0 saturated carbocycles. The van der Waals surface area contributed by atoms with Gasteiger partial charge in [0.05, 0.1) is 6.61 Å². The number of halogens is 2. The number of nitrogens with zero attached hydrogens (tertiary/aromatic N) is 1. The van der Waals surface area contributed by atoms with Crippen molar-refractivity contribution in [1.82, 2.24) is 9.62 Å². The second kappa shape index (κ2) is 7.30. The maximum absolute atomic E-state index is 13.8. The Kier molecular flexibility index (Phi) is 5.27. The molecule has 5 nitrogen and oxygen atoms in total. The topological polar surface area (TPSA) is 58.6 Å². The predicted molar refractivity (Wildman–Crippen MR) is 93.6 cm³/mol. The first kappa shape index (κ1) is 18.8. The van der Waals surface area contributed by atoms with Crippen LogP contribution in [0.25, 0.3) is 0 Å². The van der Waals surface area contributed by atoms with E-state index in [1.165, 1.54) is 0 Å². The van der Waals surface area contributed by atoms with E-state index in [9.17, 15) is 17.2 Å². The van der Waals surface area contributed by atoms with E-state index in [4.69, 9.17) is 4.74 Å². The number of hydrogen-bond acceptors (Lipinski definition) is 4. The summed E-state index contributed by atoms with van der Waals surface area (Å²) in [5, 5.41) is 0. The Labute approximate surface area is 151 Å². The molecular formula is C18H20F2N2O3S. The Bertz CT molecular complexity index is 917. The lowest BCUT2D eigenvalue weighted by molar-refractivity contribution is 0.299. The minimum atomic E-state index is -4.10. The minimum Gasteiger partial charge on any atom is -0.493 e. The van der Waals surface area contributed by atoms with Crippen LogP contribution in [0.1, 0.15) is 17.2 Å². The number of sulfonamides is 1. The Morgan fingerprint density at radius 2 is 1.96 bits per heavy atom. The summed E-state index contributed by atoms with van der Waals surface area (Å²) in [6.07, 6.45) is 0.815.